The Morgan fingerprint density at radius 2 is 1.67 bits per heavy atom. The van der Waals surface area contributed by atoms with Crippen molar-refractivity contribution in [1.29, 1.82) is 0 Å². The number of hydrogen-bond donors (Lipinski definition) is 2. The zero-order valence-electron chi connectivity index (χ0n) is 43.7. The zero-order chi connectivity index (χ0) is 52.9. The van der Waals surface area contributed by atoms with Crippen LogP contribution in [-0.2, 0) is 66.6 Å². The number of likely N-dealkylation sites (N-methyl/N-ethyl adjacent to an activating group) is 2. The van der Waals surface area contributed by atoms with Crippen LogP contribution in [0.15, 0.2) is 28.9 Å². The summed E-state index contributed by atoms with van der Waals surface area (Å²) in [6.07, 6.45) is -6.74. The summed E-state index contributed by atoms with van der Waals surface area (Å²) in [5.41, 5.74) is 0.724. The molecular weight excluding hydrogens is 941 g/mol. The summed E-state index contributed by atoms with van der Waals surface area (Å²) in [7, 11) is 6.77. The second kappa shape index (κ2) is 27.2. The normalized spacial score (nSPS) is 34.9. The molecule has 0 saturated carbocycles. The highest BCUT2D eigenvalue weighted by molar-refractivity contribution is 5.76. The van der Waals surface area contributed by atoms with Crippen molar-refractivity contribution in [2.75, 3.05) is 41.3 Å². The summed E-state index contributed by atoms with van der Waals surface area (Å²) >= 11 is 0. The standard InChI is InChI=1S/C51H78N4O17/c1-12-40(59)67-39-26-42(61)66-35(17-14-16-33-19-20-36-37(25-33)53-72-52-36)18-15-22-55(10)28-38(58)29(3)24-34(21-23-56)47(48(39)63-11)70-50-45(62)44(54(8)9)46(30(4)65-50)69-43-27-51(7,71-32(6)57)49(31(5)64-43)68-41(60)13-2/h14,16,19-20,23,25,29-31,34-35,38-39,43-50,58,62H,12-13,15,17-18,21-22,24,26-28H2,1-11H3/b16-14+/t29-,30?,31?,34+,35+,38+,39-,43+,44?,45?,46-,47+,48+,49+,50+,51?/m1/s1. The van der Waals surface area contributed by atoms with Crippen LogP contribution in [0.5, 0.6) is 0 Å². The average Bonchev–Trinajstić information content (AvgIpc) is 3.78. The molecule has 1 aromatic heterocycles. The zero-order valence-corrected chi connectivity index (χ0v) is 43.7. The predicted molar refractivity (Wildman–Crippen MR) is 258 cm³/mol. The van der Waals surface area contributed by atoms with Gasteiger partial charge in [-0.1, -0.05) is 39.0 Å². The number of aliphatic hydroxyl groups is 2. The van der Waals surface area contributed by atoms with E-state index in [9.17, 15) is 34.2 Å². The highest BCUT2D eigenvalue weighted by atomic mass is 16.7. The molecule has 3 aliphatic heterocycles. The van der Waals surface area contributed by atoms with E-state index in [1.807, 2.05) is 43.2 Å². The number of rotatable bonds is 16. The largest absolute Gasteiger partial charge is 0.462 e. The van der Waals surface area contributed by atoms with E-state index in [2.05, 4.69) is 10.3 Å². The van der Waals surface area contributed by atoms with E-state index >= 15 is 0 Å². The SMILES string of the molecule is CCC(=O)O[C@@H]1CC(=O)O[C@@H](C/C=C/c2ccc3nonc3c2)CCCN(C)C[C@H](O)[C@H](C)C[C@H](CC=O)[C@H](O[C@@H]2OC(C)[C@@H](O[C@H]3CC(C)(OC(C)=O)[C@@H](OC(=O)CC)C(C)O3)C(N(C)C)C2O)[C@H]1OC. The van der Waals surface area contributed by atoms with Gasteiger partial charge in [-0.25, -0.2) is 4.63 Å². The Balaban J connectivity index is 1.46. The molecule has 3 fully saturated rings. The first-order valence-electron chi connectivity index (χ1n) is 25.2. The van der Waals surface area contributed by atoms with Crippen molar-refractivity contribution < 1.29 is 81.4 Å². The van der Waals surface area contributed by atoms with E-state index < -0.39 is 127 Å². The number of fused-ring (bicyclic) bond motifs is 1. The molecule has 404 valence electrons. The lowest BCUT2D eigenvalue weighted by molar-refractivity contribution is -0.344. The van der Waals surface area contributed by atoms with Crippen molar-refractivity contribution in [1.82, 2.24) is 20.1 Å². The van der Waals surface area contributed by atoms with Gasteiger partial charge in [-0.3, -0.25) is 19.2 Å². The number of β-amino-alcohol motifs (C(OH)–C–C–N with tert-alkyl or cyclic N) is 1. The third-order valence-corrected chi connectivity index (χ3v) is 13.8. The van der Waals surface area contributed by atoms with Gasteiger partial charge in [-0.05, 0) is 108 Å². The van der Waals surface area contributed by atoms with Gasteiger partial charge in [0, 0.05) is 52.7 Å². The fourth-order valence-corrected chi connectivity index (χ4v) is 10.1. The van der Waals surface area contributed by atoms with Gasteiger partial charge in [0.05, 0.1) is 36.9 Å². The van der Waals surface area contributed by atoms with E-state index in [-0.39, 0.29) is 32.1 Å². The first-order chi connectivity index (χ1) is 34.2. The molecule has 3 aliphatic rings. The summed E-state index contributed by atoms with van der Waals surface area (Å²) in [4.78, 5) is 68.6. The maximum atomic E-state index is 14.1. The van der Waals surface area contributed by atoms with E-state index in [0.29, 0.717) is 43.4 Å². The Labute approximate surface area is 422 Å². The minimum Gasteiger partial charge on any atom is -0.462 e. The number of methoxy groups -OCH3 is 1. The van der Waals surface area contributed by atoms with Crippen molar-refractivity contribution in [2.45, 2.75) is 192 Å². The Bertz CT molecular complexity index is 2100. The average molecular weight is 1020 g/mol. The molecule has 21 heteroatoms. The Hall–Kier alpha value is -4.45. The van der Waals surface area contributed by atoms with Gasteiger partial charge in [0.15, 0.2) is 24.3 Å². The number of cyclic esters (lactones) is 1. The lowest BCUT2D eigenvalue weighted by Gasteiger charge is -2.50. The van der Waals surface area contributed by atoms with Crippen LogP contribution in [0.25, 0.3) is 17.1 Å². The van der Waals surface area contributed by atoms with Gasteiger partial charge in [-0.2, -0.15) is 0 Å². The third kappa shape index (κ3) is 15.8. The minimum atomic E-state index is -1.45. The van der Waals surface area contributed by atoms with E-state index in [4.69, 9.17) is 47.3 Å². The van der Waals surface area contributed by atoms with E-state index in [1.54, 1.807) is 59.7 Å². The fourth-order valence-electron chi connectivity index (χ4n) is 10.1. The fraction of sp³-hybridized carbons (Fsp3) is 0.745. The predicted octanol–water partition coefficient (Wildman–Crippen LogP) is 4.17. The molecule has 3 saturated heterocycles. The number of ether oxygens (including phenoxy) is 9. The van der Waals surface area contributed by atoms with Gasteiger partial charge >= 0.3 is 23.9 Å². The number of esters is 4. The number of nitrogens with zero attached hydrogens (tertiary/aromatic N) is 4. The molecule has 2 aromatic rings. The number of aliphatic hydroxyl groups excluding tert-OH is 2. The molecular formula is C51H78N4O17. The number of carbonyl (C=O) groups excluding carboxylic acids is 5. The summed E-state index contributed by atoms with van der Waals surface area (Å²) < 4.78 is 60.8. The molecule has 5 unspecified atom stereocenters. The molecule has 72 heavy (non-hydrogen) atoms. The molecule has 0 aliphatic carbocycles. The van der Waals surface area contributed by atoms with Crippen LogP contribution in [0.2, 0.25) is 0 Å². The van der Waals surface area contributed by atoms with Gasteiger partial charge in [0.1, 0.15) is 47.8 Å². The summed E-state index contributed by atoms with van der Waals surface area (Å²) in [5, 5.41) is 31.8. The van der Waals surface area contributed by atoms with Crippen LogP contribution in [0.3, 0.4) is 0 Å². The second-order valence-corrected chi connectivity index (χ2v) is 19.9. The maximum absolute atomic E-state index is 14.1. The monoisotopic (exact) mass is 1020 g/mol. The first kappa shape index (κ1) is 58.4. The highest BCUT2D eigenvalue weighted by Gasteiger charge is 2.54. The Morgan fingerprint density at radius 3 is 2.33 bits per heavy atom. The molecule has 16 atom stereocenters. The number of aldehydes is 1. The summed E-state index contributed by atoms with van der Waals surface area (Å²) in [6.45, 7) is 12.4. The molecule has 0 radical (unpaired) electrons. The minimum absolute atomic E-state index is 0.0279. The first-order valence-corrected chi connectivity index (χ1v) is 25.2. The Kier molecular flexibility index (Phi) is 22.1. The second-order valence-electron chi connectivity index (χ2n) is 19.9. The van der Waals surface area contributed by atoms with Crippen molar-refractivity contribution in [3.05, 3.63) is 29.8 Å². The summed E-state index contributed by atoms with van der Waals surface area (Å²) in [5.74, 6) is -3.51. The molecule has 1 aromatic carbocycles. The van der Waals surface area contributed by atoms with Gasteiger partial charge in [0.25, 0.3) is 0 Å². The Morgan fingerprint density at radius 1 is 0.958 bits per heavy atom. The smallest absolute Gasteiger partial charge is 0.309 e. The lowest BCUT2D eigenvalue weighted by Crippen LogP contribution is -2.66. The van der Waals surface area contributed by atoms with Crippen LogP contribution < -0.4 is 0 Å². The maximum Gasteiger partial charge on any atom is 0.309 e. The number of carbonyl (C=O) groups is 5. The summed E-state index contributed by atoms with van der Waals surface area (Å²) in [6, 6.07) is 4.66. The topological polar surface area (TPSA) is 254 Å². The molecule has 21 nitrogen and oxygen atoms in total. The van der Waals surface area contributed by atoms with Crippen molar-refractivity contribution in [2.24, 2.45) is 11.8 Å². The number of benzene rings is 1. The number of hydrogen-bond acceptors (Lipinski definition) is 21. The molecule has 2 N–H and O–H groups in total. The van der Waals surface area contributed by atoms with Crippen LogP contribution in [-0.4, -0.2) is 187 Å². The van der Waals surface area contributed by atoms with Crippen molar-refractivity contribution in [3.8, 4) is 0 Å². The highest BCUT2D eigenvalue weighted by Crippen LogP contribution is 2.39. The van der Waals surface area contributed by atoms with Crippen LogP contribution >= 0.6 is 0 Å². The third-order valence-electron chi connectivity index (χ3n) is 13.8. The van der Waals surface area contributed by atoms with E-state index in [0.717, 1.165) is 11.8 Å². The molecule has 0 bridgehead atoms. The lowest BCUT2D eigenvalue weighted by atomic mass is 9.82. The molecule has 0 amide bonds. The quantitative estimate of drug-likeness (QED) is 0.136. The molecule has 0 spiro atoms. The van der Waals surface area contributed by atoms with Crippen LogP contribution in [0.4, 0.5) is 0 Å². The van der Waals surface area contributed by atoms with Crippen LogP contribution in [0.1, 0.15) is 112 Å². The van der Waals surface area contributed by atoms with Crippen molar-refractivity contribution >= 4 is 47.3 Å². The van der Waals surface area contributed by atoms with Gasteiger partial charge in [-0.15, -0.1) is 0 Å². The number of aromatic nitrogens is 2. The van der Waals surface area contributed by atoms with Crippen molar-refractivity contribution in [3.63, 3.8) is 0 Å². The molecule has 5 rings (SSSR count). The van der Waals surface area contributed by atoms with Crippen LogP contribution in [0, 0.1) is 11.8 Å². The van der Waals surface area contributed by atoms with Gasteiger partial charge < -0.3 is 67.4 Å². The van der Waals surface area contributed by atoms with Gasteiger partial charge in [0.2, 0.25) is 0 Å². The van der Waals surface area contributed by atoms with E-state index in [1.165, 1.54) is 14.0 Å². The molecule has 4 heterocycles.